The Bertz CT molecular complexity index is 571. The highest BCUT2D eigenvalue weighted by atomic mass is 127. The maximum Gasteiger partial charge on any atom is 0.220 e. The first-order valence-electron chi connectivity index (χ1n) is 5.86. The lowest BCUT2D eigenvalue weighted by Gasteiger charge is -2.17. The van der Waals surface area contributed by atoms with Crippen LogP contribution < -0.4 is 9.47 Å². The SMILES string of the molecule is Ic1ccnc(Oc2ccc3c(c2)OCCC3)c1. The van der Waals surface area contributed by atoms with Crippen molar-refractivity contribution in [2.75, 3.05) is 6.61 Å². The number of benzene rings is 1. The van der Waals surface area contributed by atoms with Crippen molar-refractivity contribution in [1.29, 1.82) is 0 Å². The van der Waals surface area contributed by atoms with Crippen LogP contribution in [0, 0.1) is 3.57 Å². The Kier molecular flexibility index (Phi) is 3.36. The second kappa shape index (κ2) is 5.14. The minimum atomic E-state index is 0.609. The van der Waals surface area contributed by atoms with E-state index in [9.17, 15) is 0 Å². The molecule has 0 amide bonds. The summed E-state index contributed by atoms with van der Waals surface area (Å²) < 4.78 is 12.5. The van der Waals surface area contributed by atoms with Crippen molar-refractivity contribution in [3.8, 4) is 17.4 Å². The molecule has 2 aromatic rings. The van der Waals surface area contributed by atoms with Gasteiger partial charge < -0.3 is 9.47 Å². The standard InChI is InChI=1S/C14H12INO2/c15-11-5-6-16-14(8-11)18-12-4-3-10-2-1-7-17-13(10)9-12/h3-6,8-9H,1-2,7H2. The van der Waals surface area contributed by atoms with E-state index >= 15 is 0 Å². The van der Waals surface area contributed by atoms with Gasteiger partial charge in [0.05, 0.1) is 6.61 Å². The molecule has 0 bridgehead atoms. The molecule has 0 radical (unpaired) electrons. The molecule has 3 rings (SSSR count). The van der Waals surface area contributed by atoms with Crippen molar-refractivity contribution in [3.05, 3.63) is 45.7 Å². The van der Waals surface area contributed by atoms with Crippen molar-refractivity contribution >= 4 is 22.6 Å². The number of aryl methyl sites for hydroxylation is 1. The van der Waals surface area contributed by atoms with Crippen LogP contribution in [-0.4, -0.2) is 11.6 Å². The van der Waals surface area contributed by atoms with Crippen molar-refractivity contribution in [1.82, 2.24) is 4.98 Å². The van der Waals surface area contributed by atoms with Crippen molar-refractivity contribution in [3.63, 3.8) is 0 Å². The zero-order chi connectivity index (χ0) is 12.4. The predicted octanol–water partition coefficient (Wildman–Crippen LogP) is 3.80. The van der Waals surface area contributed by atoms with Crippen LogP contribution in [-0.2, 0) is 6.42 Å². The number of aromatic nitrogens is 1. The normalized spacial score (nSPS) is 13.6. The van der Waals surface area contributed by atoms with E-state index in [1.165, 1.54) is 5.56 Å². The lowest BCUT2D eigenvalue weighted by Crippen LogP contribution is -2.08. The van der Waals surface area contributed by atoms with Gasteiger partial charge in [0.2, 0.25) is 5.88 Å². The number of ether oxygens (including phenoxy) is 2. The van der Waals surface area contributed by atoms with Gasteiger partial charge in [0.15, 0.2) is 0 Å². The van der Waals surface area contributed by atoms with Gasteiger partial charge in [0.25, 0.3) is 0 Å². The number of hydrogen-bond acceptors (Lipinski definition) is 3. The topological polar surface area (TPSA) is 31.4 Å². The van der Waals surface area contributed by atoms with E-state index in [1.807, 2.05) is 24.3 Å². The monoisotopic (exact) mass is 353 g/mol. The highest BCUT2D eigenvalue weighted by Gasteiger charge is 2.11. The average molecular weight is 353 g/mol. The fourth-order valence-corrected chi connectivity index (χ4v) is 2.37. The van der Waals surface area contributed by atoms with Gasteiger partial charge in [0, 0.05) is 21.9 Å². The summed E-state index contributed by atoms with van der Waals surface area (Å²) in [6.07, 6.45) is 3.91. The molecule has 2 heterocycles. The summed E-state index contributed by atoms with van der Waals surface area (Å²) in [5.41, 5.74) is 1.25. The zero-order valence-corrected chi connectivity index (χ0v) is 11.9. The highest BCUT2D eigenvalue weighted by Crippen LogP contribution is 2.31. The van der Waals surface area contributed by atoms with E-state index in [0.29, 0.717) is 5.88 Å². The van der Waals surface area contributed by atoms with Crippen LogP contribution in [0.5, 0.6) is 17.4 Å². The largest absolute Gasteiger partial charge is 0.493 e. The summed E-state index contributed by atoms with van der Waals surface area (Å²) in [7, 11) is 0. The van der Waals surface area contributed by atoms with Gasteiger partial charge in [-0.2, -0.15) is 0 Å². The maximum absolute atomic E-state index is 5.73. The Morgan fingerprint density at radius 1 is 1.22 bits per heavy atom. The van der Waals surface area contributed by atoms with Crippen LogP contribution in [0.3, 0.4) is 0 Å². The van der Waals surface area contributed by atoms with Crippen LogP contribution in [0.15, 0.2) is 36.5 Å². The molecule has 1 aromatic carbocycles. The van der Waals surface area contributed by atoms with Crippen LogP contribution in [0.2, 0.25) is 0 Å². The Balaban J connectivity index is 1.85. The van der Waals surface area contributed by atoms with Crippen LogP contribution in [0.4, 0.5) is 0 Å². The molecule has 0 saturated carbocycles. The lowest BCUT2D eigenvalue weighted by atomic mass is 10.1. The highest BCUT2D eigenvalue weighted by molar-refractivity contribution is 14.1. The van der Waals surface area contributed by atoms with E-state index in [4.69, 9.17) is 9.47 Å². The summed E-state index contributed by atoms with van der Waals surface area (Å²) >= 11 is 2.24. The third-order valence-corrected chi connectivity index (χ3v) is 3.48. The third kappa shape index (κ3) is 2.58. The smallest absolute Gasteiger partial charge is 0.220 e. The minimum absolute atomic E-state index is 0.609. The third-order valence-electron chi connectivity index (χ3n) is 2.81. The summed E-state index contributed by atoms with van der Waals surface area (Å²) in [5.74, 6) is 2.31. The molecular weight excluding hydrogens is 341 g/mol. The molecule has 92 valence electrons. The Morgan fingerprint density at radius 2 is 2.17 bits per heavy atom. The molecule has 0 unspecified atom stereocenters. The Morgan fingerprint density at radius 3 is 3.06 bits per heavy atom. The number of nitrogens with zero attached hydrogens (tertiary/aromatic N) is 1. The summed E-state index contributed by atoms with van der Waals surface area (Å²) in [6, 6.07) is 9.81. The molecule has 0 spiro atoms. The first kappa shape index (κ1) is 11.8. The second-order valence-corrected chi connectivity index (χ2v) is 5.38. The number of rotatable bonds is 2. The Hall–Kier alpha value is -1.30. The van der Waals surface area contributed by atoms with Crippen LogP contribution >= 0.6 is 22.6 Å². The zero-order valence-electron chi connectivity index (χ0n) is 9.73. The van der Waals surface area contributed by atoms with Gasteiger partial charge in [-0.1, -0.05) is 6.07 Å². The average Bonchev–Trinajstić information content (AvgIpc) is 2.39. The second-order valence-electron chi connectivity index (χ2n) is 4.14. The molecule has 18 heavy (non-hydrogen) atoms. The maximum atomic E-state index is 5.73. The van der Waals surface area contributed by atoms with Gasteiger partial charge in [-0.05, 0) is 53.1 Å². The summed E-state index contributed by atoms with van der Waals surface area (Å²) in [4.78, 5) is 4.18. The van der Waals surface area contributed by atoms with Crippen LogP contribution in [0.1, 0.15) is 12.0 Å². The van der Waals surface area contributed by atoms with Crippen LogP contribution in [0.25, 0.3) is 0 Å². The molecule has 0 atom stereocenters. The first-order chi connectivity index (χ1) is 8.81. The van der Waals surface area contributed by atoms with E-state index in [0.717, 1.165) is 34.5 Å². The molecule has 1 aromatic heterocycles. The summed E-state index contributed by atoms with van der Waals surface area (Å²) in [6.45, 7) is 0.790. The lowest BCUT2D eigenvalue weighted by molar-refractivity contribution is 0.287. The molecule has 3 nitrogen and oxygen atoms in total. The fraction of sp³-hybridized carbons (Fsp3) is 0.214. The molecule has 0 fully saturated rings. The molecule has 0 aliphatic carbocycles. The van der Waals surface area contributed by atoms with Gasteiger partial charge in [-0.3, -0.25) is 0 Å². The van der Waals surface area contributed by atoms with E-state index in [1.54, 1.807) is 6.20 Å². The van der Waals surface area contributed by atoms with Crippen molar-refractivity contribution in [2.24, 2.45) is 0 Å². The molecule has 1 aliphatic rings. The van der Waals surface area contributed by atoms with E-state index in [2.05, 4.69) is 33.6 Å². The molecule has 1 aliphatic heterocycles. The number of hydrogen-bond donors (Lipinski definition) is 0. The van der Waals surface area contributed by atoms with E-state index in [-0.39, 0.29) is 0 Å². The first-order valence-corrected chi connectivity index (χ1v) is 6.94. The van der Waals surface area contributed by atoms with E-state index < -0.39 is 0 Å². The van der Waals surface area contributed by atoms with Crippen molar-refractivity contribution in [2.45, 2.75) is 12.8 Å². The van der Waals surface area contributed by atoms with Gasteiger partial charge in [-0.15, -0.1) is 0 Å². The van der Waals surface area contributed by atoms with Gasteiger partial charge >= 0.3 is 0 Å². The molecule has 4 heteroatoms. The Labute approximate surface area is 119 Å². The molecular formula is C14H12INO2. The van der Waals surface area contributed by atoms with Gasteiger partial charge in [-0.25, -0.2) is 4.98 Å². The molecule has 0 saturated heterocycles. The number of pyridine rings is 1. The fourth-order valence-electron chi connectivity index (χ4n) is 1.95. The van der Waals surface area contributed by atoms with Crippen molar-refractivity contribution < 1.29 is 9.47 Å². The number of fused-ring (bicyclic) bond motifs is 1. The quantitative estimate of drug-likeness (QED) is 0.770. The number of halogens is 1. The minimum Gasteiger partial charge on any atom is -0.493 e. The summed E-state index contributed by atoms with van der Waals surface area (Å²) in [5, 5.41) is 0. The van der Waals surface area contributed by atoms with Gasteiger partial charge in [0.1, 0.15) is 11.5 Å². The predicted molar refractivity (Wildman–Crippen MR) is 77.3 cm³/mol. The molecule has 0 N–H and O–H groups in total.